The molecule has 5 nitrogen and oxygen atoms in total. The molecule has 1 amide bonds. The molecule has 0 unspecified atom stereocenters. The molecule has 0 radical (unpaired) electrons. The minimum absolute atomic E-state index is 0.133. The largest absolute Gasteiger partial charge is 0.492 e. The van der Waals surface area contributed by atoms with Crippen LogP contribution in [-0.2, 0) is 9.84 Å². The van der Waals surface area contributed by atoms with Crippen LogP contribution in [0.2, 0.25) is 0 Å². The number of carbonyl (C=O) groups excluding carboxylic acids is 1. The van der Waals surface area contributed by atoms with Gasteiger partial charge in [0.2, 0.25) is 0 Å². The van der Waals surface area contributed by atoms with E-state index in [1.54, 1.807) is 13.0 Å². The Labute approximate surface area is 136 Å². The zero-order valence-electron chi connectivity index (χ0n) is 13.1. The summed E-state index contributed by atoms with van der Waals surface area (Å²) in [5, 5.41) is 2.73. The van der Waals surface area contributed by atoms with Crippen molar-refractivity contribution in [2.75, 3.05) is 19.4 Å². The first-order valence-corrected chi connectivity index (χ1v) is 9.04. The second kappa shape index (κ2) is 7.28. The van der Waals surface area contributed by atoms with Crippen molar-refractivity contribution in [1.82, 2.24) is 5.32 Å². The lowest BCUT2D eigenvalue weighted by molar-refractivity contribution is 0.0946. The summed E-state index contributed by atoms with van der Waals surface area (Å²) < 4.78 is 28.7. The number of rotatable bonds is 6. The first-order valence-electron chi connectivity index (χ1n) is 7.14. The Hall–Kier alpha value is -2.34. The molecule has 0 saturated carbocycles. The molecule has 0 bridgehead atoms. The van der Waals surface area contributed by atoms with Crippen molar-refractivity contribution < 1.29 is 17.9 Å². The predicted molar refractivity (Wildman–Crippen MR) is 88.6 cm³/mol. The van der Waals surface area contributed by atoms with Gasteiger partial charge in [0.05, 0.1) is 11.4 Å². The number of nitrogens with one attached hydrogen (secondary N) is 1. The van der Waals surface area contributed by atoms with Crippen LogP contribution in [0.3, 0.4) is 0 Å². The molecule has 0 heterocycles. The van der Waals surface area contributed by atoms with E-state index in [0.717, 1.165) is 17.6 Å². The topological polar surface area (TPSA) is 72.5 Å². The summed E-state index contributed by atoms with van der Waals surface area (Å²) in [5.41, 5.74) is 1.08. The van der Waals surface area contributed by atoms with Crippen LogP contribution in [0.4, 0.5) is 0 Å². The highest BCUT2D eigenvalue weighted by atomic mass is 32.2. The SMILES string of the molecule is Cc1ccc(S(C)(=O)=O)cc1C(=O)NCCOc1ccccc1. The Kier molecular flexibility index (Phi) is 5.39. The van der Waals surface area contributed by atoms with Gasteiger partial charge in [-0.2, -0.15) is 0 Å². The Morgan fingerprint density at radius 1 is 1.13 bits per heavy atom. The third-order valence-electron chi connectivity index (χ3n) is 3.28. The molecule has 23 heavy (non-hydrogen) atoms. The monoisotopic (exact) mass is 333 g/mol. The number of para-hydroxylation sites is 1. The van der Waals surface area contributed by atoms with Crippen LogP contribution < -0.4 is 10.1 Å². The van der Waals surface area contributed by atoms with Gasteiger partial charge in [-0.15, -0.1) is 0 Å². The summed E-state index contributed by atoms with van der Waals surface area (Å²) in [6, 6.07) is 13.8. The van der Waals surface area contributed by atoms with E-state index in [4.69, 9.17) is 4.74 Å². The van der Waals surface area contributed by atoms with Crippen LogP contribution in [-0.4, -0.2) is 33.7 Å². The molecule has 0 aromatic heterocycles. The number of benzene rings is 2. The maximum absolute atomic E-state index is 12.2. The molecule has 0 aliphatic heterocycles. The van der Waals surface area contributed by atoms with Gasteiger partial charge in [-0.3, -0.25) is 4.79 Å². The highest BCUT2D eigenvalue weighted by molar-refractivity contribution is 7.90. The lowest BCUT2D eigenvalue weighted by Crippen LogP contribution is -2.28. The fraction of sp³-hybridized carbons (Fsp3) is 0.235. The molecule has 2 rings (SSSR count). The summed E-state index contributed by atoms with van der Waals surface area (Å²) in [4.78, 5) is 12.3. The van der Waals surface area contributed by atoms with Gasteiger partial charge in [0.15, 0.2) is 9.84 Å². The quantitative estimate of drug-likeness (QED) is 0.823. The first-order chi connectivity index (χ1) is 10.9. The van der Waals surface area contributed by atoms with Gasteiger partial charge < -0.3 is 10.1 Å². The van der Waals surface area contributed by atoms with Crippen LogP contribution in [0.15, 0.2) is 53.4 Å². The average Bonchev–Trinajstić information content (AvgIpc) is 2.51. The molecule has 0 aliphatic rings. The molecule has 2 aromatic rings. The van der Waals surface area contributed by atoms with Gasteiger partial charge in [0.25, 0.3) is 5.91 Å². The smallest absolute Gasteiger partial charge is 0.251 e. The maximum Gasteiger partial charge on any atom is 0.251 e. The summed E-state index contributed by atoms with van der Waals surface area (Å²) in [5.74, 6) is 0.418. The van der Waals surface area contributed by atoms with E-state index in [-0.39, 0.29) is 10.8 Å². The molecule has 0 saturated heterocycles. The van der Waals surface area contributed by atoms with Crippen molar-refractivity contribution >= 4 is 15.7 Å². The second-order valence-corrected chi connectivity index (χ2v) is 7.18. The third kappa shape index (κ3) is 4.82. The van der Waals surface area contributed by atoms with Gasteiger partial charge in [0.1, 0.15) is 12.4 Å². The molecule has 0 spiro atoms. The lowest BCUT2D eigenvalue weighted by atomic mass is 10.1. The highest BCUT2D eigenvalue weighted by Crippen LogP contribution is 2.15. The van der Waals surface area contributed by atoms with Crippen molar-refractivity contribution in [3.63, 3.8) is 0 Å². The van der Waals surface area contributed by atoms with Crippen molar-refractivity contribution in [1.29, 1.82) is 0 Å². The fourth-order valence-corrected chi connectivity index (χ4v) is 2.67. The molecule has 6 heteroatoms. The number of ether oxygens (including phenoxy) is 1. The second-order valence-electron chi connectivity index (χ2n) is 5.17. The number of aryl methyl sites for hydroxylation is 1. The summed E-state index contributed by atoms with van der Waals surface area (Å²) >= 11 is 0. The molecule has 0 atom stereocenters. The number of hydrogen-bond donors (Lipinski definition) is 1. The predicted octanol–water partition coefficient (Wildman–Crippen LogP) is 2.21. The molecular formula is C17H19NO4S. The van der Waals surface area contributed by atoms with E-state index >= 15 is 0 Å². The van der Waals surface area contributed by atoms with Crippen LogP contribution in [0.1, 0.15) is 15.9 Å². The van der Waals surface area contributed by atoms with Gasteiger partial charge >= 0.3 is 0 Å². The minimum Gasteiger partial charge on any atom is -0.492 e. The summed E-state index contributed by atoms with van der Waals surface area (Å²) in [6.07, 6.45) is 1.12. The minimum atomic E-state index is -3.34. The van der Waals surface area contributed by atoms with Crippen LogP contribution in [0.5, 0.6) is 5.75 Å². The number of sulfone groups is 1. The molecule has 2 aromatic carbocycles. The molecule has 1 N–H and O–H groups in total. The Bertz CT molecular complexity index is 785. The highest BCUT2D eigenvalue weighted by Gasteiger charge is 2.14. The molecule has 0 aliphatic carbocycles. The van der Waals surface area contributed by atoms with Crippen molar-refractivity contribution in [2.24, 2.45) is 0 Å². The Balaban J connectivity index is 1.95. The Morgan fingerprint density at radius 2 is 1.83 bits per heavy atom. The number of amides is 1. The van der Waals surface area contributed by atoms with Gasteiger partial charge in [-0.05, 0) is 36.8 Å². The van der Waals surface area contributed by atoms with Gasteiger partial charge in [0, 0.05) is 11.8 Å². The zero-order valence-corrected chi connectivity index (χ0v) is 13.9. The van der Waals surface area contributed by atoms with Crippen LogP contribution in [0.25, 0.3) is 0 Å². The number of hydrogen-bond acceptors (Lipinski definition) is 4. The third-order valence-corrected chi connectivity index (χ3v) is 4.39. The standard InChI is InChI=1S/C17H19NO4S/c1-13-8-9-15(23(2,20)21)12-16(13)17(19)18-10-11-22-14-6-4-3-5-7-14/h3-9,12H,10-11H2,1-2H3,(H,18,19). The van der Waals surface area contributed by atoms with E-state index in [0.29, 0.717) is 18.7 Å². The van der Waals surface area contributed by atoms with Crippen LogP contribution in [0, 0.1) is 6.92 Å². The number of carbonyl (C=O) groups is 1. The molecule has 122 valence electrons. The fourth-order valence-electron chi connectivity index (χ4n) is 2.02. The van der Waals surface area contributed by atoms with E-state index in [2.05, 4.69) is 5.32 Å². The summed E-state index contributed by atoms with van der Waals surface area (Å²) in [7, 11) is -3.34. The van der Waals surface area contributed by atoms with Crippen LogP contribution >= 0.6 is 0 Å². The van der Waals surface area contributed by atoms with Crippen molar-refractivity contribution in [3.8, 4) is 5.75 Å². The molecule has 0 fully saturated rings. The zero-order chi connectivity index (χ0) is 16.9. The van der Waals surface area contributed by atoms with Crippen molar-refractivity contribution in [3.05, 3.63) is 59.7 Å². The van der Waals surface area contributed by atoms with Gasteiger partial charge in [-0.1, -0.05) is 24.3 Å². The lowest BCUT2D eigenvalue weighted by Gasteiger charge is -2.10. The van der Waals surface area contributed by atoms with E-state index in [1.165, 1.54) is 12.1 Å². The normalized spacial score (nSPS) is 11.0. The van der Waals surface area contributed by atoms with E-state index in [9.17, 15) is 13.2 Å². The summed E-state index contributed by atoms with van der Waals surface area (Å²) in [6.45, 7) is 2.43. The van der Waals surface area contributed by atoms with Crippen molar-refractivity contribution in [2.45, 2.75) is 11.8 Å². The van der Waals surface area contributed by atoms with E-state index < -0.39 is 9.84 Å². The maximum atomic E-state index is 12.2. The first kappa shape index (κ1) is 17.0. The average molecular weight is 333 g/mol. The Morgan fingerprint density at radius 3 is 2.48 bits per heavy atom. The van der Waals surface area contributed by atoms with E-state index in [1.807, 2.05) is 30.3 Å². The van der Waals surface area contributed by atoms with Gasteiger partial charge in [-0.25, -0.2) is 8.42 Å². The molecular weight excluding hydrogens is 314 g/mol.